The van der Waals surface area contributed by atoms with Gasteiger partial charge in [-0.3, -0.25) is 0 Å². The summed E-state index contributed by atoms with van der Waals surface area (Å²) < 4.78 is 11.6. The molecule has 4 saturated carbocycles. The van der Waals surface area contributed by atoms with Crippen molar-refractivity contribution in [2.75, 3.05) is 13.2 Å². The standard InChI is InChI=1S/C23H34O.C22H32O/c1-3-5-18-6-8-19(9-7-18)20-10-12-21(13-11-20)22-14-16-23(17-15-22)24-4-2;1-3-17-5-7-18(8-6-17)19-9-11-20(12-10-19)21-13-15-22(16-14-21)23-4-2/h6-9,20,23H,3-5,10-17H2,1-2H3;5-8,19,22H,3-4,9-16H2,1-2H3. The highest BCUT2D eigenvalue weighted by Gasteiger charge is 2.25. The van der Waals surface area contributed by atoms with Crippen LogP contribution in [0.2, 0.25) is 0 Å². The van der Waals surface area contributed by atoms with E-state index in [1.165, 1.54) is 127 Å². The third kappa shape index (κ3) is 10.7. The van der Waals surface area contributed by atoms with Crippen molar-refractivity contribution >= 4 is 0 Å². The van der Waals surface area contributed by atoms with Crippen molar-refractivity contribution in [3.05, 3.63) is 93.1 Å². The van der Waals surface area contributed by atoms with Gasteiger partial charge in [-0.25, -0.2) is 0 Å². The smallest absolute Gasteiger partial charge is 0.0581 e. The molecule has 0 bridgehead atoms. The van der Waals surface area contributed by atoms with E-state index in [9.17, 15) is 0 Å². The van der Waals surface area contributed by atoms with Gasteiger partial charge in [0.1, 0.15) is 0 Å². The molecule has 0 spiro atoms. The molecule has 2 heteroatoms. The van der Waals surface area contributed by atoms with Crippen molar-refractivity contribution in [1.82, 2.24) is 0 Å². The Bertz CT molecular complexity index is 1230. The van der Waals surface area contributed by atoms with Gasteiger partial charge in [-0.1, -0.05) is 91.1 Å². The number of hydrogen-bond acceptors (Lipinski definition) is 2. The summed E-state index contributed by atoms with van der Waals surface area (Å²) in [7, 11) is 0. The van der Waals surface area contributed by atoms with E-state index in [0.717, 1.165) is 31.5 Å². The van der Waals surface area contributed by atoms with Crippen LogP contribution in [0.5, 0.6) is 0 Å². The average molecular weight is 639 g/mol. The van der Waals surface area contributed by atoms with Crippen LogP contribution in [0, 0.1) is 0 Å². The maximum absolute atomic E-state index is 5.80. The van der Waals surface area contributed by atoms with Gasteiger partial charge in [-0.15, -0.1) is 0 Å². The molecule has 2 nitrogen and oxygen atoms in total. The Morgan fingerprint density at radius 3 is 1.11 bits per heavy atom. The fraction of sp³-hybridized carbons (Fsp3) is 0.644. The summed E-state index contributed by atoms with van der Waals surface area (Å²) >= 11 is 0. The third-order valence-corrected chi connectivity index (χ3v) is 11.9. The molecule has 0 unspecified atom stereocenters. The molecule has 4 aliphatic rings. The Kier molecular flexibility index (Phi) is 14.7. The third-order valence-electron chi connectivity index (χ3n) is 11.9. The predicted octanol–water partition coefficient (Wildman–Crippen LogP) is 12.8. The molecule has 0 heterocycles. The summed E-state index contributed by atoms with van der Waals surface area (Å²) in [6.07, 6.45) is 25.5. The predicted molar refractivity (Wildman–Crippen MR) is 200 cm³/mol. The molecule has 4 fully saturated rings. The minimum Gasteiger partial charge on any atom is -0.378 e. The summed E-state index contributed by atoms with van der Waals surface area (Å²) in [5.41, 5.74) is 13.2. The highest BCUT2D eigenvalue weighted by molar-refractivity contribution is 5.29. The quantitative estimate of drug-likeness (QED) is 0.254. The lowest BCUT2D eigenvalue weighted by Gasteiger charge is -2.30. The fourth-order valence-corrected chi connectivity index (χ4v) is 8.97. The number of ether oxygens (including phenoxy) is 2. The van der Waals surface area contributed by atoms with Crippen molar-refractivity contribution in [3.63, 3.8) is 0 Å². The highest BCUT2D eigenvalue weighted by atomic mass is 16.5. The second-order valence-corrected chi connectivity index (χ2v) is 14.9. The van der Waals surface area contributed by atoms with Crippen LogP contribution < -0.4 is 0 Å². The molecule has 2 aromatic rings. The van der Waals surface area contributed by atoms with Crippen molar-refractivity contribution < 1.29 is 9.47 Å². The summed E-state index contributed by atoms with van der Waals surface area (Å²) in [6.45, 7) is 10.5. The Balaban J connectivity index is 0.000000185. The minimum absolute atomic E-state index is 0.525. The van der Waals surface area contributed by atoms with Gasteiger partial charge < -0.3 is 9.47 Å². The molecule has 0 aromatic heterocycles. The van der Waals surface area contributed by atoms with E-state index in [0.29, 0.717) is 12.2 Å². The zero-order valence-electron chi connectivity index (χ0n) is 30.6. The van der Waals surface area contributed by atoms with Gasteiger partial charge in [0.05, 0.1) is 12.2 Å². The molecule has 0 N–H and O–H groups in total. The first kappa shape index (κ1) is 36.1. The van der Waals surface area contributed by atoms with E-state index in [2.05, 4.69) is 76.2 Å². The number of benzene rings is 2. The maximum atomic E-state index is 5.80. The second kappa shape index (κ2) is 19.1. The average Bonchev–Trinajstić information content (AvgIpc) is 3.14. The Labute approximate surface area is 288 Å². The topological polar surface area (TPSA) is 18.5 Å². The van der Waals surface area contributed by atoms with Crippen LogP contribution in [-0.2, 0) is 22.3 Å². The van der Waals surface area contributed by atoms with Gasteiger partial charge >= 0.3 is 0 Å². The van der Waals surface area contributed by atoms with Crippen LogP contribution in [0.1, 0.15) is 171 Å². The van der Waals surface area contributed by atoms with Crippen molar-refractivity contribution in [1.29, 1.82) is 0 Å². The zero-order chi connectivity index (χ0) is 32.8. The number of allylic oxidation sites excluding steroid dienone is 4. The molecule has 0 radical (unpaired) electrons. The Morgan fingerprint density at radius 1 is 0.447 bits per heavy atom. The lowest BCUT2D eigenvalue weighted by atomic mass is 9.77. The molecule has 0 atom stereocenters. The first-order chi connectivity index (χ1) is 23.1. The summed E-state index contributed by atoms with van der Waals surface area (Å²) in [6, 6.07) is 18.9. The largest absolute Gasteiger partial charge is 0.378 e. The van der Waals surface area contributed by atoms with Gasteiger partial charge in [-0.2, -0.15) is 0 Å². The molecule has 47 heavy (non-hydrogen) atoms. The lowest BCUT2D eigenvalue weighted by molar-refractivity contribution is 0.0439. The van der Waals surface area contributed by atoms with Crippen molar-refractivity contribution in [2.24, 2.45) is 0 Å². The Hall–Kier alpha value is -2.16. The molecule has 0 amide bonds. The molecule has 0 aliphatic heterocycles. The maximum Gasteiger partial charge on any atom is 0.0581 e. The van der Waals surface area contributed by atoms with E-state index < -0.39 is 0 Å². The van der Waals surface area contributed by atoms with Crippen molar-refractivity contribution in [2.45, 2.75) is 174 Å². The van der Waals surface area contributed by atoms with E-state index in [1.54, 1.807) is 33.4 Å². The molecule has 4 aliphatic carbocycles. The fourth-order valence-electron chi connectivity index (χ4n) is 8.97. The molecule has 258 valence electrons. The van der Waals surface area contributed by atoms with Gasteiger partial charge in [0.25, 0.3) is 0 Å². The van der Waals surface area contributed by atoms with Gasteiger partial charge in [0.2, 0.25) is 0 Å². The number of hydrogen-bond donors (Lipinski definition) is 0. The van der Waals surface area contributed by atoms with Gasteiger partial charge in [0.15, 0.2) is 0 Å². The van der Waals surface area contributed by atoms with Gasteiger partial charge in [-0.05, 0) is 164 Å². The van der Waals surface area contributed by atoms with Crippen LogP contribution in [0.25, 0.3) is 0 Å². The van der Waals surface area contributed by atoms with E-state index in [4.69, 9.17) is 9.47 Å². The summed E-state index contributed by atoms with van der Waals surface area (Å²) in [5.74, 6) is 1.56. The van der Waals surface area contributed by atoms with Crippen LogP contribution >= 0.6 is 0 Å². The number of aryl methyl sites for hydroxylation is 2. The molecule has 6 rings (SSSR count). The van der Waals surface area contributed by atoms with Crippen LogP contribution in [0.15, 0.2) is 70.8 Å². The SMILES string of the molecule is CCCc1ccc(C2CCC(=C3CCC(OCC)CC3)CC2)cc1.CCOC1CCC(=C2CCC(c3ccc(CC)cc3)CC2)CC1. The molecular formula is C45H66O2. The summed E-state index contributed by atoms with van der Waals surface area (Å²) in [4.78, 5) is 0. The highest BCUT2D eigenvalue weighted by Crippen LogP contribution is 2.41. The second-order valence-electron chi connectivity index (χ2n) is 14.9. The van der Waals surface area contributed by atoms with E-state index in [-0.39, 0.29) is 0 Å². The lowest BCUT2D eigenvalue weighted by Crippen LogP contribution is -2.19. The zero-order valence-corrected chi connectivity index (χ0v) is 30.6. The Morgan fingerprint density at radius 2 is 0.787 bits per heavy atom. The van der Waals surface area contributed by atoms with Crippen molar-refractivity contribution in [3.8, 4) is 0 Å². The monoisotopic (exact) mass is 639 g/mol. The summed E-state index contributed by atoms with van der Waals surface area (Å²) in [5, 5.41) is 0. The van der Waals surface area contributed by atoms with E-state index in [1.807, 2.05) is 0 Å². The van der Waals surface area contributed by atoms with Crippen LogP contribution in [-0.4, -0.2) is 25.4 Å². The van der Waals surface area contributed by atoms with Crippen LogP contribution in [0.3, 0.4) is 0 Å². The van der Waals surface area contributed by atoms with Gasteiger partial charge in [0, 0.05) is 13.2 Å². The molecular weight excluding hydrogens is 572 g/mol. The van der Waals surface area contributed by atoms with E-state index >= 15 is 0 Å². The first-order valence-electron chi connectivity index (χ1n) is 19.9. The molecule has 0 saturated heterocycles. The number of rotatable bonds is 9. The normalized spacial score (nSPS) is 25.4. The molecule has 2 aromatic carbocycles. The first-order valence-corrected chi connectivity index (χ1v) is 19.9. The van der Waals surface area contributed by atoms with Crippen LogP contribution in [0.4, 0.5) is 0 Å². The minimum atomic E-state index is 0.525.